The number of benzene rings is 1. The molecule has 0 spiro atoms. The van der Waals surface area contributed by atoms with Gasteiger partial charge in [0.2, 0.25) is 0 Å². The van der Waals surface area contributed by atoms with Crippen LogP contribution in [0.5, 0.6) is 0 Å². The summed E-state index contributed by atoms with van der Waals surface area (Å²) in [5.74, 6) is -0.401. The molecular formula is C11H12FN3. The van der Waals surface area contributed by atoms with E-state index in [2.05, 4.69) is 5.10 Å². The molecule has 0 saturated carbocycles. The Bertz CT molecular complexity index is 508. The van der Waals surface area contributed by atoms with Gasteiger partial charge in [-0.2, -0.15) is 10.4 Å². The summed E-state index contributed by atoms with van der Waals surface area (Å²) in [7, 11) is 1.62. The molecule has 0 aliphatic rings. The van der Waals surface area contributed by atoms with Crippen molar-refractivity contribution in [3.63, 3.8) is 0 Å². The van der Waals surface area contributed by atoms with Crippen LogP contribution < -0.4 is 0 Å². The highest BCUT2D eigenvalue weighted by molar-refractivity contribution is 5.84. The maximum atomic E-state index is 13.2. The summed E-state index contributed by atoms with van der Waals surface area (Å²) >= 11 is 0. The lowest BCUT2D eigenvalue weighted by molar-refractivity contribution is 0.639. The number of nitriles is 1. The molecule has 0 fully saturated rings. The van der Waals surface area contributed by atoms with Gasteiger partial charge in [-0.05, 0) is 12.1 Å². The third-order valence-corrected chi connectivity index (χ3v) is 1.92. The Morgan fingerprint density at radius 1 is 1.40 bits per heavy atom. The third-order valence-electron chi connectivity index (χ3n) is 1.92. The number of hydrogen-bond donors (Lipinski definition) is 0. The monoisotopic (exact) mass is 205 g/mol. The first-order valence-corrected chi connectivity index (χ1v) is 4.75. The molecule has 1 aromatic heterocycles. The smallest absolute Gasteiger partial charge is 0.149 e. The maximum absolute atomic E-state index is 13.2. The SMILES string of the molecule is CC.Cn1nc2cccc(F)c2c1C#N. The Kier molecular flexibility index (Phi) is 3.40. The fraction of sp³-hybridized carbons (Fsp3) is 0.273. The van der Waals surface area contributed by atoms with E-state index in [4.69, 9.17) is 5.26 Å². The van der Waals surface area contributed by atoms with E-state index in [0.717, 1.165) is 0 Å². The van der Waals surface area contributed by atoms with Gasteiger partial charge in [0.25, 0.3) is 0 Å². The molecule has 0 radical (unpaired) electrons. The van der Waals surface area contributed by atoms with Crippen LogP contribution >= 0.6 is 0 Å². The molecule has 3 nitrogen and oxygen atoms in total. The van der Waals surface area contributed by atoms with Crippen LogP contribution in [0.1, 0.15) is 19.5 Å². The van der Waals surface area contributed by atoms with Gasteiger partial charge < -0.3 is 0 Å². The molecule has 4 heteroatoms. The zero-order valence-corrected chi connectivity index (χ0v) is 8.95. The Balaban J connectivity index is 0.000000531. The number of aryl methyl sites for hydroxylation is 1. The number of halogens is 1. The summed E-state index contributed by atoms with van der Waals surface area (Å²) in [5.41, 5.74) is 0.771. The largest absolute Gasteiger partial charge is 0.257 e. The van der Waals surface area contributed by atoms with Crippen molar-refractivity contribution in [1.82, 2.24) is 9.78 Å². The molecule has 0 atom stereocenters. The summed E-state index contributed by atoms with van der Waals surface area (Å²) in [6, 6.07) is 6.50. The minimum atomic E-state index is -0.401. The van der Waals surface area contributed by atoms with Crippen molar-refractivity contribution in [3.8, 4) is 6.07 Å². The van der Waals surface area contributed by atoms with Crippen molar-refractivity contribution < 1.29 is 4.39 Å². The first-order valence-electron chi connectivity index (χ1n) is 4.75. The second kappa shape index (κ2) is 4.56. The van der Waals surface area contributed by atoms with Gasteiger partial charge in [-0.15, -0.1) is 0 Å². The van der Waals surface area contributed by atoms with Gasteiger partial charge >= 0.3 is 0 Å². The molecule has 15 heavy (non-hydrogen) atoms. The third kappa shape index (κ3) is 1.82. The first kappa shape index (κ1) is 11.2. The van der Waals surface area contributed by atoms with Crippen LogP contribution in [0.2, 0.25) is 0 Å². The molecule has 1 aromatic carbocycles. The molecule has 0 bridgehead atoms. The lowest BCUT2D eigenvalue weighted by atomic mass is 10.2. The van der Waals surface area contributed by atoms with Crippen LogP contribution in [-0.2, 0) is 7.05 Å². The molecule has 2 aromatic rings. The average molecular weight is 205 g/mol. The van der Waals surface area contributed by atoms with E-state index in [9.17, 15) is 4.39 Å². The van der Waals surface area contributed by atoms with E-state index in [-0.39, 0.29) is 5.69 Å². The summed E-state index contributed by atoms with van der Waals surface area (Å²) in [4.78, 5) is 0. The molecular weight excluding hydrogens is 193 g/mol. The van der Waals surface area contributed by atoms with E-state index in [1.165, 1.54) is 10.7 Å². The predicted octanol–water partition coefficient (Wildman–Crippen LogP) is 2.61. The van der Waals surface area contributed by atoms with Gasteiger partial charge in [0, 0.05) is 7.05 Å². The highest BCUT2D eigenvalue weighted by Crippen LogP contribution is 2.19. The van der Waals surface area contributed by atoms with Gasteiger partial charge in [-0.1, -0.05) is 19.9 Å². The quantitative estimate of drug-likeness (QED) is 0.663. The Hall–Kier alpha value is -1.89. The molecule has 0 aliphatic carbocycles. The second-order valence-corrected chi connectivity index (χ2v) is 2.72. The Morgan fingerprint density at radius 3 is 2.67 bits per heavy atom. The van der Waals surface area contributed by atoms with Gasteiger partial charge in [0.15, 0.2) is 0 Å². The van der Waals surface area contributed by atoms with E-state index in [0.29, 0.717) is 10.9 Å². The number of fused-ring (bicyclic) bond motifs is 1. The summed E-state index contributed by atoms with van der Waals surface area (Å²) < 4.78 is 14.6. The average Bonchev–Trinajstić information content (AvgIpc) is 2.58. The lowest BCUT2D eigenvalue weighted by Crippen LogP contribution is -1.93. The predicted molar refractivity (Wildman–Crippen MR) is 56.7 cm³/mol. The second-order valence-electron chi connectivity index (χ2n) is 2.72. The van der Waals surface area contributed by atoms with Crippen LogP contribution in [0.3, 0.4) is 0 Å². The number of hydrogen-bond acceptors (Lipinski definition) is 2. The molecule has 0 amide bonds. The van der Waals surface area contributed by atoms with E-state index >= 15 is 0 Å². The fourth-order valence-electron chi connectivity index (χ4n) is 1.33. The standard InChI is InChI=1S/C9H6FN3.C2H6/c1-13-8(5-11)9-6(10)3-2-4-7(9)12-13;1-2/h2-4H,1H3;1-2H3. The minimum Gasteiger partial charge on any atom is -0.257 e. The van der Waals surface area contributed by atoms with Crippen molar-refractivity contribution in [1.29, 1.82) is 5.26 Å². The molecule has 1 heterocycles. The highest BCUT2D eigenvalue weighted by atomic mass is 19.1. The Morgan fingerprint density at radius 2 is 2.07 bits per heavy atom. The van der Waals surface area contributed by atoms with Crippen LogP contribution in [0, 0.1) is 17.1 Å². The van der Waals surface area contributed by atoms with E-state index < -0.39 is 5.82 Å². The molecule has 0 unspecified atom stereocenters. The topological polar surface area (TPSA) is 41.6 Å². The van der Waals surface area contributed by atoms with Crippen molar-refractivity contribution in [2.75, 3.05) is 0 Å². The summed E-state index contributed by atoms with van der Waals surface area (Å²) in [6.07, 6.45) is 0. The molecule has 0 aliphatic heterocycles. The van der Waals surface area contributed by atoms with Crippen LogP contribution in [0.4, 0.5) is 4.39 Å². The van der Waals surface area contributed by atoms with Gasteiger partial charge in [-0.3, -0.25) is 4.68 Å². The minimum absolute atomic E-state index is 0.258. The summed E-state index contributed by atoms with van der Waals surface area (Å²) in [6.45, 7) is 4.00. The molecule has 0 N–H and O–H groups in total. The fourth-order valence-corrected chi connectivity index (χ4v) is 1.33. The zero-order valence-electron chi connectivity index (χ0n) is 8.95. The molecule has 0 saturated heterocycles. The summed E-state index contributed by atoms with van der Waals surface area (Å²) in [5, 5.41) is 13.0. The normalized spacial score (nSPS) is 9.27. The first-order chi connectivity index (χ1) is 7.24. The van der Waals surface area contributed by atoms with Crippen molar-refractivity contribution in [2.24, 2.45) is 7.05 Å². The van der Waals surface area contributed by atoms with Gasteiger partial charge in [0.05, 0.1) is 10.9 Å². The number of aromatic nitrogens is 2. The Labute approximate surface area is 87.7 Å². The van der Waals surface area contributed by atoms with E-state index in [1.54, 1.807) is 19.2 Å². The van der Waals surface area contributed by atoms with Gasteiger partial charge in [-0.25, -0.2) is 4.39 Å². The molecule has 78 valence electrons. The zero-order chi connectivity index (χ0) is 11.4. The van der Waals surface area contributed by atoms with Crippen LogP contribution in [0.15, 0.2) is 18.2 Å². The van der Waals surface area contributed by atoms with Crippen molar-refractivity contribution in [2.45, 2.75) is 13.8 Å². The number of rotatable bonds is 0. The van der Waals surface area contributed by atoms with Gasteiger partial charge in [0.1, 0.15) is 17.6 Å². The van der Waals surface area contributed by atoms with Crippen LogP contribution in [0.25, 0.3) is 10.9 Å². The highest BCUT2D eigenvalue weighted by Gasteiger charge is 2.11. The molecule has 2 rings (SSSR count). The van der Waals surface area contributed by atoms with Crippen molar-refractivity contribution >= 4 is 10.9 Å². The van der Waals surface area contributed by atoms with Crippen molar-refractivity contribution in [3.05, 3.63) is 29.7 Å². The van der Waals surface area contributed by atoms with E-state index in [1.807, 2.05) is 19.9 Å². The lowest BCUT2D eigenvalue weighted by Gasteiger charge is -1.90. The van der Waals surface area contributed by atoms with Crippen LogP contribution in [-0.4, -0.2) is 9.78 Å². The number of nitrogens with zero attached hydrogens (tertiary/aromatic N) is 3. The maximum Gasteiger partial charge on any atom is 0.149 e.